The molecule has 2 N–H and O–H groups in total. The molecule has 2 atom stereocenters. The molecule has 0 saturated heterocycles. The molecule has 6 nitrogen and oxygen atoms in total. The van der Waals surface area contributed by atoms with Gasteiger partial charge in [0, 0.05) is 18.0 Å². The molecule has 0 bridgehead atoms. The zero-order chi connectivity index (χ0) is 15.4. The van der Waals surface area contributed by atoms with E-state index in [0.29, 0.717) is 25.2 Å². The fourth-order valence-electron chi connectivity index (χ4n) is 2.89. The van der Waals surface area contributed by atoms with Crippen LogP contribution in [0.3, 0.4) is 0 Å². The van der Waals surface area contributed by atoms with Crippen molar-refractivity contribution in [1.29, 1.82) is 0 Å². The maximum atomic E-state index is 12.1. The zero-order valence-electron chi connectivity index (χ0n) is 12.5. The lowest BCUT2D eigenvalue weighted by Gasteiger charge is -2.10. The number of hydrogen-bond donors (Lipinski definition) is 2. The average Bonchev–Trinajstić information content (AvgIpc) is 3.09. The first-order chi connectivity index (χ1) is 10.0. The summed E-state index contributed by atoms with van der Waals surface area (Å²) < 4.78 is 5.12. The summed E-state index contributed by atoms with van der Waals surface area (Å²) in [6, 6.07) is 1.59. The minimum Gasteiger partial charge on any atom is -0.481 e. The van der Waals surface area contributed by atoms with Crippen LogP contribution in [0.4, 0.5) is 0 Å². The van der Waals surface area contributed by atoms with Gasteiger partial charge in [0.05, 0.1) is 11.6 Å². The van der Waals surface area contributed by atoms with Crippen LogP contribution in [0.2, 0.25) is 0 Å². The molecule has 2 rings (SSSR count). The van der Waals surface area contributed by atoms with Gasteiger partial charge in [-0.05, 0) is 32.1 Å². The van der Waals surface area contributed by atoms with E-state index in [0.717, 1.165) is 18.5 Å². The lowest BCUT2D eigenvalue weighted by molar-refractivity contribution is -0.141. The molecule has 1 aromatic rings. The predicted octanol–water partition coefficient (Wildman–Crippen LogP) is 2.56. The number of aliphatic carboxylic acids is 1. The molecular formula is C15H22N2O4. The molecule has 1 aliphatic rings. The Morgan fingerprint density at radius 3 is 2.71 bits per heavy atom. The Morgan fingerprint density at radius 2 is 2.14 bits per heavy atom. The third-order valence-electron chi connectivity index (χ3n) is 4.27. The highest BCUT2D eigenvalue weighted by molar-refractivity contribution is 5.91. The Morgan fingerprint density at radius 1 is 1.43 bits per heavy atom. The summed E-state index contributed by atoms with van der Waals surface area (Å²) in [5.41, 5.74) is 0.806. The summed E-state index contributed by atoms with van der Waals surface area (Å²) in [7, 11) is 0. The van der Waals surface area contributed by atoms with Gasteiger partial charge >= 0.3 is 5.97 Å². The van der Waals surface area contributed by atoms with Gasteiger partial charge < -0.3 is 14.9 Å². The Kier molecular flexibility index (Phi) is 4.98. The maximum absolute atomic E-state index is 12.1. The van der Waals surface area contributed by atoms with Gasteiger partial charge in [-0.25, -0.2) is 0 Å². The second-order valence-electron chi connectivity index (χ2n) is 5.65. The summed E-state index contributed by atoms with van der Waals surface area (Å²) in [5, 5.41) is 15.8. The standard InChI is InChI=1S/C15H22N2O4/c1-3-9(4-2)12-8-13(21-17-12)14(18)16-11-6-5-10(7-11)15(19)20/h8-11H,3-7H2,1-2H3,(H,16,18)(H,19,20)/t10-,11+/m1/s1. The number of nitrogens with one attached hydrogen (secondary N) is 1. The van der Waals surface area contributed by atoms with Crippen LogP contribution in [0.15, 0.2) is 10.6 Å². The van der Waals surface area contributed by atoms with Crippen LogP contribution in [-0.4, -0.2) is 28.2 Å². The molecular weight excluding hydrogens is 272 g/mol. The van der Waals surface area contributed by atoms with E-state index in [1.165, 1.54) is 0 Å². The molecule has 1 fully saturated rings. The van der Waals surface area contributed by atoms with Crippen LogP contribution < -0.4 is 5.32 Å². The fourth-order valence-corrected chi connectivity index (χ4v) is 2.89. The van der Waals surface area contributed by atoms with Gasteiger partial charge in [0.15, 0.2) is 0 Å². The molecule has 0 aromatic carbocycles. The van der Waals surface area contributed by atoms with Crippen molar-refractivity contribution in [3.8, 4) is 0 Å². The third kappa shape index (κ3) is 3.62. The van der Waals surface area contributed by atoms with E-state index < -0.39 is 5.97 Å². The van der Waals surface area contributed by atoms with Crippen LogP contribution in [0, 0.1) is 5.92 Å². The van der Waals surface area contributed by atoms with Gasteiger partial charge in [-0.15, -0.1) is 0 Å². The lowest BCUT2D eigenvalue weighted by Crippen LogP contribution is -2.33. The van der Waals surface area contributed by atoms with Crippen molar-refractivity contribution in [2.24, 2.45) is 5.92 Å². The van der Waals surface area contributed by atoms with Gasteiger partial charge in [0.2, 0.25) is 5.76 Å². The normalized spacial score (nSPS) is 21.7. The second kappa shape index (κ2) is 6.74. The van der Waals surface area contributed by atoms with Crippen molar-refractivity contribution in [2.45, 2.75) is 57.9 Å². The largest absolute Gasteiger partial charge is 0.481 e. The predicted molar refractivity (Wildman–Crippen MR) is 76.1 cm³/mol. The Bertz CT molecular complexity index is 508. The first kappa shape index (κ1) is 15.5. The highest BCUT2D eigenvalue weighted by atomic mass is 16.5. The summed E-state index contributed by atoms with van der Waals surface area (Å²) >= 11 is 0. The molecule has 0 unspecified atom stereocenters. The van der Waals surface area contributed by atoms with Crippen LogP contribution in [0.5, 0.6) is 0 Å². The number of carbonyl (C=O) groups excluding carboxylic acids is 1. The van der Waals surface area contributed by atoms with E-state index in [9.17, 15) is 9.59 Å². The minimum absolute atomic E-state index is 0.0969. The van der Waals surface area contributed by atoms with Crippen LogP contribution in [0.1, 0.15) is 68.1 Å². The van der Waals surface area contributed by atoms with Crippen molar-refractivity contribution in [2.75, 3.05) is 0 Å². The van der Waals surface area contributed by atoms with Crippen molar-refractivity contribution in [3.05, 3.63) is 17.5 Å². The molecule has 6 heteroatoms. The Labute approximate surface area is 123 Å². The number of carboxylic acid groups (broad SMARTS) is 1. The number of amides is 1. The van der Waals surface area contributed by atoms with Gasteiger partial charge in [0.1, 0.15) is 0 Å². The number of hydrogen-bond acceptors (Lipinski definition) is 4. The molecule has 1 aromatic heterocycles. The van der Waals surface area contributed by atoms with E-state index in [1.807, 2.05) is 0 Å². The molecule has 21 heavy (non-hydrogen) atoms. The summed E-state index contributed by atoms with van der Waals surface area (Å²) in [6.45, 7) is 4.15. The van der Waals surface area contributed by atoms with E-state index in [4.69, 9.17) is 9.63 Å². The quantitative estimate of drug-likeness (QED) is 0.841. The Hall–Kier alpha value is -1.85. The summed E-state index contributed by atoms with van der Waals surface area (Å²) in [5.74, 6) is -0.947. The van der Waals surface area contributed by atoms with Crippen LogP contribution in [-0.2, 0) is 4.79 Å². The van der Waals surface area contributed by atoms with Crippen LogP contribution in [0.25, 0.3) is 0 Å². The van der Waals surface area contributed by atoms with Crippen molar-refractivity contribution >= 4 is 11.9 Å². The van der Waals surface area contributed by atoms with Crippen LogP contribution >= 0.6 is 0 Å². The fraction of sp³-hybridized carbons (Fsp3) is 0.667. The highest BCUT2D eigenvalue weighted by Gasteiger charge is 2.31. The molecule has 0 spiro atoms. The lowest BCUT2D eigenvalue weighted by atomic mass is 9.99. The smallest absolute Gasteiger partial charge is 0.306 e. The molecule has 1 saturated carbocycles. The number of rotatable bonds is 6. The summed E-state index contributed by atoms with van der Waals surface area (Å²) in [6.07, 6.45) is 3.68. The molecule has 0 aliphatic heterocycles. The minimum atomic E-state index is -0.789. The van der Waals surface area contributed by atoms with E-state index in [2.05, 4.69) is 24.3 Å². The van der Waals surface area contributed by atoms with Gasteiger partial charge in [-0.3, -0.25) is 9.59 Å². The number of carbonyl (C=O) groups is 2. The van der Waals surface area contributed by atoms with Crippen molar-refractivity contribution in [3.63, 3.8) is 0 Å². The topological polar surface area (TPSA) is 92.4 Å². The number of nitrogens with zero attached hydrogens (tertiary/aromatic N) is 1. The van der Waals surface area contributed by atoms with E-state index in [1.54, 1.807) is 6.07 Å². The molecule has 1 amide bonds. The molecule has 116 valence electrons. The second-order valence-corrected chi connectivity index (χ2v) is 5.65. The van der Waals surface area contributed by atoms with Gasteiger partial charge in [-0.1, -0.05) is 19.0 Å². The van der Waals surface area contributed by atoms with Crippen molar-refractivity contribution in [1.82, 2.24) is 10.5 Å². The monoisotopic (exact) mass is 294 g/mol. The Balaban J connectivity index is 1.94. The third-order valence-corrected chi connectivity index (χ3v) is 4.27. The summed E-state index contributed by atoms with van der Waals surface area (Å²) in [4.78, 5) is 23.0. The number of carboxylic acids is 1. The molecule has 1 aliphatic carbocycles. The van der Waals surface area contributed by atoms with Gasteiger partial charge in [-0.2, -0.15) is 0 Å². The van der Waals surface area contributed by atoms with E-state index in [-0.39, 0.29) is 23.6 Å². The highest BCUT2D eigenvalue weighted by Crippen LogP contribution is 2.26. The van der Waals surface area contributed by atoms with Gasteiger partial charge in [0.25, 0.3) is 5.91 Å². The van der Waals surface area contributed by atoms with E-state index >= 15 is 0 Å². The molecule has 0 radical (unpaired) electrons. The average molecular weight is 294 g/mol. The number of aromatic nitrogens is 1. The zero-order valence-corrected chi connectivity index (χ0v) is 12.5. The first-order valence-corrected chi connectivity index (χ1v) is 7.55. The van der Waals surface area contributed by atoms with Crippen molar-refractivity contribution < 1.29 is 19.2 Å². The SMILES string of the molecule is CCC(CC)c1cc(C(=O)N[C@H]2CC[C@@H](C(=O)O)C2)on1. The molecule has 1 heterocycles. The maximum Gasteiger partial charge on any atom is 0.306 e. The first-order valence-electron chi connectivity index (χ1n) is 7.55.